The Balaban J connectivity index is 1.86. The minimum absolute atomic E-state index is 0.0151. The van der Waals surface area contributed by atoms with Crippen LogP contribution in [0, 0.1) is 0 Å². The van der Waals surface area contributed by atoms with Gasteiger partial charge in [0, 0.05) is 24.2 Å². The highest BCUT2D eigenvalue weighted by molar-refractivity contribution is 5.93. The number of likely N-dealkylation sites (tertiary alicyclic amines) is 1. The highest BCUT2D eigenvalue weighted by Crippen LogP contribution is 2.42. The molecule has 1 amide bonds. The van der Waals surface area contributed by atoms with Gasteiger partial charge in [0.05, 0.1) is 12.0 Å². The average molecular weight is 319 g/mol. The van der Waals surface area contributed by atoms with Gasteiger partial charge in [-0.2, -0.15) is 5.10 Å². The van der Waals surface area contributed by atoms with E-state index in [-0.39, 0.29) is 23.9 Å². The molecule has 6 heteroatoms. The molecule has 0 bridgehead atoms. The van der Waals surface area contributed by atoms with Crippen LogP contribution in [0.3, 0.4) is 0 Å². The first-order chi connectivity index (χ1) is 10.8. The van der Waals surface area contributed by atoms with Gasteiger partial charge in [-0.3, -0.25) is 14.3 Å². The van der Waals surface area contributed by atoms with Crippen LogP contribution in [0.4, 0.5) is 0 Å². The Morgan fingerprint density at radius 2 is 2.00 bits per heavy atom. The van der Waals surface area contributed by atoms with Gasteiger partial charge < -0.3 is 10.0 Å². The normalized spacial score (nSPS) is 21.7. The van der Waals surface area contributed by atoms with Crippen molar-refractivity contribution in [3.8, 4) is 0 Å². The van der Waals surface area contributed by atoms with Crippen LogP contribution in [0.1, 0.15) is 75.0 Å². The molecule has 0 spiro atoms. The molecule has 0 radical (unpaired) electrons. The molecule has 1 N–H and O–H groups in total. The zero-order valence-electron chi connectivity index (χ0n) is 14.1. The summed E-state index contributed by atoms with van der Waals surface area (Å²) >= 11 is 0. The van der Waals surface area contributed by atoms with Crippen molar-refractivity contribution in [2.75, 3.05) is 6.54 Å². The molecule has 1 aromatic heterocycles. The fourth-order valence-corrected chi connectivity index (χ4v) is 3.37. The molecule has 6 nitrogen and oxygen atoms in total. The van der Waals surface area contributed by atoms with E-state index in [0.717, 1.165) is 31.4 Å². The Morgan fingerprint density at radius 3 is 2.57 bits per heavy atom. The molecule has 1 aliphatic heterocycles. The third kappa shape index (κ3) is 3.26. The second kappa shape index (κ2) is 5.65. The minimum Gasteiger partial charge on any atom is -0.481 e. The predicted molar refractivity (Wildman–Crippen MR) is 85.5 cm³/mol. The van der Waals surface area contributed by atoms with E-state index in [9.17, 15) is 9.59 Å². The quantitative estimate of drug-likeness (QED) is 0.925. The van der Waals surface area contributed by atoms with Crippen molar-refractivity contribution in [3.63, 3.8) is 0 Å². The van der Waals surface area contributed by atoms with E-state index >= 15 is 0 Å². The van der Waals surface area contributed by atoms with E-state index in [0.29, 0.717) is 18.2 Å². The van der Waals surface area contributed by atoms with E-state index in [1.165, 1.54) is 0 Å². The first-order valence-corrected chi connectivity index (χ1v) is 8.40. The van der Waals surface area contributed by atoms with E-state index in [4.69, 9.17) is 5.11 Å². The van der Waals surface area contributed by atoms with E-state index in [1.54, 1.807) is 4.90 Å². The number of carbonyl (C=O) groups excluding carboxylic acids is 1. The molecule has 1 atom stereocenters. The molecule has 2 heterocycles. The Labute approximate surface area is 136 Å². The fourth-order valence-electron chi connectivity index (χ4n) is 3.37. The van der Waals surface area contributed by atoms with Crippen molar-refractivity contribution in [1.29, 1.82) is 0 Å². The lowest BCUT2D eigenvalue weighted by atomic mass is 10.1. The van der Waals surface area contributed by atoms with Crippen molar-refractivity contribution in [2.45, 2.75) is 70.4 Å². The van der Waals surface area contributed by atoms with Crippen LogP contribution in [-0.4, -0.2) is 44.3 Å². The Kier molecular flexibility index (Phi) is 3.94. The maximum absolute atomic E-state index is 12.8. The smallest absolute Gasteiger partial charge is 0.305 e. The van der Waals surface area contributed by atoms with Gasteiger partial charge in [0.15, 0.2) is 5.69 Å². The molecule has 2 aliphatic rings. The van der Waals surface area contributed by atoms with Gasteiger partial charge >= 0.3 is 5.97 Å². The zero-order valence-corrected chi connectivity index (χ0v) is 14.1. The number of rotatable bonds is 4. The van der Waals surface area contributed by atoms with Crippen molar-refractivity contribution in [3.05, 3.63) is 17.5 Å². The van der Waals surface area contributed by atoms with Gasteiger partial charge in [0.25, 0.3) is 5.91 Å². The minimum atomic E-state index is -0.853. The Morgan fingerprint density at radius 1 is 1.30 bits per heavy atom. The van der Waals surface area contributed by atoms with Crippen molar-refractivity contribution in [1.82, 2.24) is 14.7 Å². The van der Waals surface area contributed by atoms with Crippen LogP contribution in [0.25, 0.3) is 0 Å². The number of aromatic nitrogens is 2. The van der Waals surface area contributed by atoms with Crippen LogP contribution >= 0.6 is 0 Å². The van der Waals surface area contributed by atoms with Crippen LogP contribution in [0.15, 0.2) is 6.07 Å². The Hall–Kier alpha value is -1.85. The van der Waals surface area contributed by atoms with Crippen LogP contribution in [0.2, 0.25) is 0 Å². The standard InChI is InChI=1S/C17H25N3O3/c1-17(2,3)20-14(11-6-7-11)10-13(18-20)16(23)19-8-4-5-12(19)9-15(21)22/h10-12H,4-9H2,1-3H3,(H,21,22). The summed E-state index contributed by atoms with van der Waals surface area (Å²) in [5, 5.41) is 13.6. The van der Waals surface area contributed by atoms with Gasteiger partial charge in [-0.15, -0.1) is 0 Å². The predicted octanol–water partition coefficient (Wildman–Crippen LogP) is 2.59. The summed E-state index contributed by atoms with van der Waals surface area (Å²) in [6.45, 7) is 6.88. The molecule has 1 unspecified atom stereocenters. The first-order valence-electron chi connectivity index (χ1n) is 8.40. The number of aliphatic carboxylic acids is 1. The second-order valence-electron chi connectivity index (χ2n) is 7.70. The van der Waals surface area contributed by atoms with E-state index in [1.807, 2.05) is 10.7 Å². The molecule has 126 valence electrons. The van der Waals surface area contributed by atoms with Crippen molar-refractivity contribution >= 4 is 11.9 Å². The monoisotopic (exact) mass is 319 g/mol. The lowest BCUT2D eigenvalue weighted by molar-refractivity contribution is -0.137. The van der Waals surface area contributed by atoms with Gasteiger partial charge in [-0.05, 0) is 52.5 Å². The first kappa shape index (κ1) is 16.0. The molecular formula is C17H25N3O3. The van der Waals surface area contributed by atoms with Crippen molar-refractivity contribution in [2.24, 2.45) is 0 Å². The van der Waals surface area contributed by atoms with E-state index < -0.39 is 5.97 Å². The number of carboxylic acids is 1. The number of carbonyl (C=O) groups is 2. The number of amides is 1. The third-order valence-corrected chi connectivity index (χ3v) is 4.64. The summed E-state index contributed by atoms with van der Waals surface area (Å²) in [5.74, 6) is -0.469. The molecule has 23 heavy (non-hydrogen) atoms. The lowest BCUT2D eigenvalue weighted by Gasteiger charge is -2.23. The van der Waals surface area contributed by atoms with Gasteiger partial charge in [0.1, 0.15) is 0 Å². The van der Waals surface area contributed by atoms with Gasteiger partial charge in [-0.1, -0.05) is 0 Å². The maximum Gasteiger partial charge on any atom is 0.305 e. The molecule has 2 fully saturated rings. The highest BCUT2D eigenvalue weighted by atomic mass is 16.4. The Bertz CT molecular complexity index is 626. The molecule has 1 aliphatic carbocycles. The topological polar surface area (TPSA) is 75.4 Å². The molecule has 1 saturated heterocycles. The summed E-state index contributed by atoms with van der Waals surface area (Å²) in [7, 11) is 0. The van der Waals surface area contributed by atoms with E-state index in [2.05, 4.69) is 25.9 Å². The maximum atomic E-state index is 12.8. The highest BCUT2D eigenvalue weighted by Gasteiger charge is 2.36. The molecule has 0 aromatic carbocycles. The van der Waals surface area contributed by atoms with Crippen LogP contribution in [0.5, 0.6) is 0 Å². The van der Waals surface area contributed by atoms with Crippen LogP contribution in [-0.2, 0) is 10.3 Å². The molecular weight excluding hydrogens is 294 g/mol. The lowest BCUT2D eigenvalue weighted by Crippen LogP contribution is -2.37. The molecule has 1 saturated carbocycles. The largest absolute Gasteiger partial charge is 0.481 e. The summed E-state index contributed by atoms with van der Waals surface area (Å²) in [6.07, 6.45) is 3.94. The third-order valence-electron chi connectivity index (χ3n) is 4.64. The average Bonchev–Trinajstić information content (AvgIpc) is 3.01. The van der Waals surface area contributed by atoms with Gasteiger partial charge in [0.2, 0.25) is 0 Å². The number of hydrogen-bond acceptors (Lipinski definition) is 3. The molecule has 1 aromatic rings. The number of nitrogens with zero attached hydrogens (tertiary/aromatic N) is 3. The number of carboxylic acid groups (broad SMARTS) is 1. The molecule has 3 rings (SSSR count). The van der Waals surface area contributed by atoms with Crippen molar-refractivity contribution < 1.29 is 14.7 Å². The summed E-state index contributed by atoms with van der Waals surface area (Å²) in [5.41, 5.74) is 1.43. The summed E-state index contributed by atoms with van der Waals surface area (Å²) in [4.78, 5) is 25.5. The zero-order chi connectivity index (χ0) is 16.8. The van der Waals surface area contributed by atoms with Crippen LogP contribution < -0.4 is 0 Å². The van der Waals surface area contributed by atoms with Gasteiger partial charge in [-0.25, -0.2) is 0 Å². The second-order valence-corrected chi connectivity index (χ2v) is 7.70. The number of hydrogen-bond donors (Lipinski definition) is 1. The summed E-state index contributed by atoms with van der Waals surface area (Å²) < 4.78 is 1.97. The fraction of sp³-hybridized carbons (Fsp3) is 0.706. The summed E-state index contributed by atoms with van der Waals surface area (Å²) in [6, 6.07) is 1.71. The SMILES string of the molecule is CC(C)(C)n1nc(C(=O)N2CCCC2CC(=O)O)cc1C1CC1.